The Labute approximate surface area is 161 Å². The third-order valence-corrected chi connectivity index (χ3v) is 5.68. The number of thioether (sulfide) groups is 1. The molecule has 0 bridgehead atoms. The summed E-state index contributed by atoms with van der Waals surface area (Å²) in [5.74, 6) is 0.519. The van der Waals surface area contributed by atoms with Crippen LogP contribution in [0.25, 0.3) is 0 Å². The number of ketones is 1. The number of rotatable bonds is 4. The fourth-order valence-electron chi connectivity index (χ4n) is 3.16. The molecule has 4 rings (SSSR count). The number of benzene rings is 3. The zero-order chi connectivity index (χ0) is 18.8. The van der Waals surface area contributed by atoms with Gasteiger partial charge in [-0.15, -0.1) is 11.8 Å². The standard InChI is InChI=1S/C22H17NO3S/c24-19-8-4-7-17(13-19)22-23(20(25)14-27-22)18-11-9-16(10-12-18)21(26)15-5-2-1-3-6-15/h1-13,22,24H,14H2. The van der Waals surface area contributed by atoms with Gasteiger partial charge in [-0.05, 0) is 42.0 Å². The molecule has 1 amide bonds. The summed E-state index contributed by atoms with van der Waals surface area (Å²) in [5, 5.41) is 9.56. The number of anilines is 1. The number of hydrogen-bond donors (Lipinski definition) is 1. The Hall–Kier alpha value is -3.05. The van der Waals surface area contributed by atoms with Gasteiger partial charge >= 0.3 is 0 Å². The summed E-state index contributed by atoms with van der Waals surface area (Å²) in [5.41, 5.74) is 2.83. The Morgan fingerprint density at radius 2 is 1.63 bits per heavy atom. The molecule has 1 atom stereocenters. The van der Waals surface area contributed by atoms with Crippen molar-refractivity contribution in [3.8, 4) is 5.75 Å². The zero-order valence-corrected chi connectivity index (χ0v) is 15.2. The quantitative estimate of drug-likeness (QED) is 0.687. The van der Waals surface area contributed by atoms with E-state index < -0.39 is 0 Å². The number of nitrogens with zero attached hydrogens (tertiary/aromatic N) is 1. The summed E-state index contributed by atoms with van der Waals surface area (Å²) in [6.45, 7) is 0. The molecule has 0 aliphatic carbocycles. The van der Waals surface area contributed by atoms with Crippen LogP contribution >= 0.6 is 11.8 Å². The number of carbonyl (C=O) groups excluding carboxylic acids is 2. The molecular formula is C22H17NO3S. The SMILES string of the molecule is O=C(c1ccccc1)c1ccc(N2C(=O)CSC2c2cccc(O)c2)cc1. The van der Waals surface area contributed by atoms with Gasteiger partial charge in [-0.3, -0.25) is 14.5 Å². The Morgan fingerprint density at radius 1 is 0.926 bits per heavy atom. The van der Waals surface area contributed by atoms with Crippen LogP contribution in [-0.4, -0.2) is 22.5 Å². The summed E-state index contributed by atoms with van der Waals surface area (Å²) < 4.78 is 0. The lowest BCUT2D eigenvalue weighted by Crippen LogP contribution is -2.27. The first-order valence-electron chi connectivity index (χ1n) is 8.56. The highest BCUT2D eigenvalue weighted by Gasteiger charge is 2.34. The fraction of sp³-hybridized carbons (Fsp3) is 0.0909. The van der Waals surface area contributed by atoms with Crippen LogP contribution in [0.5, 0.6) is 5.75 Å². The second-order valence-corrected chi connectivity index (χ2v) is 7.33. The first-order valence-corrected chi connectivity index (χ1v) is 9.61. The normalized spacial score (nSPS) is 16.5. The molecule has 1 fully saturated rings. The van der Waals surface area contributed by atoms with Gasteiger partial charge in [-0.1, -0.05) is 42.5 Å². The van der Waals surface area contributed by atoms with E-state index in [1.807, 2.05) is 24.3 Å². The summed E-state index contributed by atoms with van der Waals surface area (Å²) in [7, 11) is 0. The highest BCUT2D eigenvalue weighted by molar-refractivity contribution is 8.00. The van der Waals surface area contributed by atoms with Gasteiger partial charge in [0.15, 0.2) is 5.78 Å². The Balaban J connectivity index is 1.62. The first kappa shape index (κ1) is 17.4. The number of phenolic OH excluding ortho intramolecular Hbond substituents is 1. The number of hydrogen-bond acceptors (Lipinski definition) is 4. The van der Waals surface area contributed by atoms with Crippen molar-refractivity contribution in [2.75, 3.05) is 10.7 Å². The highest BCUT2D eigenvalue weighted by atomic mass is 32.2. The van der Waals surface area contributed by atoms with Crippen molar-refractivity contribution >= 4 is 29.1 Å². The molecule has 4 nitrogen and oxygen atoms in total. The molecule has 1 heterocycles. The predicted octanol–water partition coefficient (Wildman–Crippen LogP) is 4.40. The van der Waals surface area contributed by atoms with Gasteiger partial charge < -0.3 is 5.11 Å². The van der Waals surface area contributed by atoms with Crippen molar-refractivity contribution in [2.45, 2.75) is 5.37 Å². The summed E-state index contributed by atoms with van der Waals surface area (Å²) in [4.78, 5) is 26.7. The van der Waals surface area contributed by atoms with Gasteiger partial charge in [0.1, 0.15) is 11.1 Å². The topological polar surface area (TPSA) is 57.6 Å². The van der Waals surface area contributed by atoms with Gasteiger partial charge in [-0.2, -0.15) is 0 Å². The zero-order valence-electron chi connectivity index (χ0n) is 14.4. The summed E-state index contributed by atoms with van der Waals surface area (Å²) in [6, 6.07) is 23.2. The molecule has 5 heteroatoms. The van der Waals surface area contributed by atoms with Gasteiger partial charge in [0.25, 0.3) is 0 Å². The molecule has 1 N–H and O–H groups in total. The summed E-state index contributed by atoms with van der Waals surface area (Å²) >= 11 is 1.52. The predicted molar refractivity (Wildman–Crippen MR) is 107 cm³/mol. The third-order valence-electron chi connectivity index (χ3n) is 4.47. The third kappa shape index (κ3) is 3.46. The average molecular weight is 375 g/mol. The molecule has 134 valence electrons. The van der Waals surface area contributed by atoms with E-state index in [4.69, 9.17) is 0 Å². The molecule has 1 aliphatic rings. The van der Waals surface area contributed by atoms with Crippen molar-refractivity contribution in [3.63, 3.8) is 0 Å². The second-order valence-electron chi connectivity index (χ2n) is 6.26. The minimum absolute atomic E-state index is 0.00970. The molecule has 0 aromatic heterocycles. The Kier molecular flexibility index (Phi) is 4.69. The molecule has 0 saturated carbocycles. The minimum atomic E-state index is -0.194. The smallest absolute Gasteiger partial charge is 0.238 e. The van der Waals surface area contributed by atoms with E-state index in [-0.39, 0.29) is 22.8 Å². The number of phenols is 1. The second kappa shape index (κ2) is 7.29. The van der Waals surface area contributed by atoms with Crippen molar-refractivity contribution in [3.05, 3.63) is 95.6 Å². The van der Waals surface area contributed by atoms with Crippen LogP contribution in [0, 0.1) is 0 Å². The van der Waals surface area contributed by atoms with E-state index in [1.54, 1.807) is 59.5 Å². The van der Waals surface area contributed by atoms with Crippen molar-refractivity contribution in [1.82, 2.24) is 0 Å². The molecule has 27 heavy (non-hydrogen) atoms. The van der Waals surface area contributed by atoms with Crippen molar-refractivity contribution in [2.24, 2.45) is 0 Å². The molecule has 3 aromatic rings. The highest BCUT2D eigenvalue weighted by Crippen LogP contribution is 2.42. The molecule has 1 saturated heterocycles. The van der Waals surface area contributed by atoms with E-state index in [1.165, 1.54) is 11.8 Å². The van der Waals surface area contributed by atoms with Crippen LogP contribution in [0.2, 0.25) is 0 Å². The Bertz CT molecular complexity index is 986. The largest absolute Gasteiger partial charge is 0.508 e. The maximum atomic E-state index is 12.6. The van der Waals surface area contributed by atoms with Gasteiger partial charge in [0.05, 0.1) is 5.75 Å². The molecule has 0 radical (unpaired) electrons. The van der Waals surface area contributed by atoms with E-state index in [0.29, 0.717) is 16.9 Å². The van der Waals surface area contributed by atoms with Crippen molar-refractivity contribution in [1.29, 1.82) is 0 Å². The van der Waals surface area contributed by atoms with Crippen LogP contribution in [-0.2, 0) is 4.79 Å². The van der Waals surface area contributed by atoms with Gasteiger partial charge in [-0.25, -0.2) is 0 Å². The fourth-order valence-corrected chi connectivity index (χ4v) is 4.32. The van der Waals surface area contributed by atoms with Crippen LogP contribution in [0.4, 0.5) is 5.69 Å². The monoisotopic (exact) mass is 375 g/mol. The van der Waals surface area contributed by atoms with Crippen LogP contribution < -0.4 is 4.90 Å². The average Bonchev–Trinajstić information content (AvgIpc) is 3.10. The molecule has 0 spiro atoms. The summed E-state index contributed by atoms with van der Waals surface area (Å²) in [6.07, 6.45) is 0. The van der Waals surface area contributed by atoms with Gasteiger partial charge in [0.2, 0.25) is 5.91 Å². The molecule has 1 unspecified atom stereocenters. The lowest BCUT2D eigenvalue weighted by atomic mass is 10.0. The first-order chi connectivity index (χ1) is 13.1. The van der Waals surface area contributed by atoms with Crippen molar-refractivity contribution < 1.29 is 14.7 Å². The number of amides is 1. The maximum absolute atomic E-state index is 12.6. The number of carbonyl (C=O) groups is 2. The van der Waals surface area contributed by atoms with E-state index >= 15 is 0 Å². The number of aromatic hydroxyl groups is 1. The van der Waals surface area contributed by atoms with E-state index in [0.717, 1.165) is 11.3 Å². The Morgan fingerprint density at radius 3 is 2.33 bits per heavy atom. The molecular weight excluding hydrogens is 358 g/mol. The van der Waals surface area contributed by atoms with E-state index in [9.17, 15) is 14.7 Å². The van der Waals surface area contributed by atoms with E-state index in [2.05, 4.69) is 0 Å². The molecule has 1 aliphatic heterocycles. The van der Waals surface area contributed by atoms with Crippen LogP contribution in [0.15, 0.2) is 78.9 Å². The van der Waals surface area contributed by atoms with Crippen LogP contribution in [0.3, 0.4) is 0 Å². The van der Waals surface area contributed by atoms with Crippen LogP contribution in [0.1, 0.15) is 26.9 Å². The lowest BCUT2D eigenvalue weighted by molar-refractivity contribution is -0.115. The maximum Gasteiger partial charge on any atom is 0.238 e. The lowest BCUT2D eigenvalue weighted by Gasteiger charge is -2.24. The molecule has 3 aromatic carbocycles. The minimum Gasteiger partial charge on any atom is -0.508 e. The van der Waals surface area contributed by atoms with Gasteiger partial charge in [0, 0.05) is 16.8 Å².